The minimum Gasteiger partial charge on any atom is -0.493 e. The van der Waals surface area contributed by atoms with Crippen LogP contribution in [0.2, 0.25) is 5.02 Å². The second-order valence-electron chi connectivity index (χ2n) is 7.76. The Bertz CT molecular complexity index is 1020. The number of carbonyl (C=O) groups is 3. The molecule has 2 rings (SSSR count). The number of aliphatic carboxylic acids is 1. The number of carboxylic acids is 1. The van der Waals surface area contributed by atoms with Crippen LogP contribution in [0.4, 0.5) is 16.2 Å². The molecule has 0 fully saturated rings. The lowest BCUT2D eigenvalue weighted by molar-refractivity contribution is -0.139. The van der Waals surface area contributed by atoms with Gasteiger partial charge in [0.1, 0.15) is 6.04 Å². The fraction of sp³-hybridized carbons (Fsp3) is 0.348. The number of amides is 3. The Morgan fingerprint density at radius 1 is 1.06 bits per heavy atom. The highest BCUT2D eigenvalue weighted by Gasteiger charge is 2.25. The Kier molecular flexibility index (Phi) is 8.93. The van der Waals surface area contributed by atoms with E-state index in [9.17, 15) is 19.5 Å². The number of hydrogen-bond acceptors (Lipinski definition) is 5. The number of aryl methyl sites for hydroxylation is 1. The molecule has 0 aliphatic heterocycles. The van der Waals surface area contributed by atoms with Gasteiger partial charge in [0.15, 0.2) is 11.5 Å². The molecule has 0 heterocycles. The van der Waals surface area contributed by atoms with Crippen molar-refractivity contribution in [2.75, 3.05) is 24.9 Å². The molecule has 0 saturated heterocycles. The van der Waals surface area contributed by atoms with E-state index in [2.05, 4.69) is 16.0 Å². The molecule has 0 radical (unpaired) electrons. The highest BCUT2D eigenvalue weighted by molar-refractivity contribution is 6.34. The van der Waals surface area contributed by atoms with Crippen molar-refractivity contribution < 1.29 is 29.0 Å². The van der Waals surface area contributed by atoms with E-state index in [1.165, 1.54) is 26.4 Å². The van der Waals surface area contributed by atoms with Crippen molar-refractivity contribution in [2.45, 2.75) is 33.2 Å². The zero-order valence-corrected chi connectivity index (χ0v) is 19.9. The molecule has 0 bridgehead atoms. The number of halogens is 1. The Morgan fingerprint density at radius 2 is 1.70 bits per heavy atom. The molecule has 1 atom stereocenters. The highest BCUT2D eigenvalue weighted by atomic mass is 35.5. The van der Waals surface area contributed by atoms with E-state index in [0.717, 1.165) is 5.56 Å². The maximum absolute atomic E-state index is 13.0. The van der Waals surface area contributed by atoms with Crippen molar-refractivity contribution in [3.63, 3.8) is 0 Å². The van der Waals surface area contributed by atoms with Gasteiger partial charge in [-0.25, -0.2) is 9.59 Å². The van der Waals surface area contributed by atoms with Gasteiger partial charge in [0.25, 0.3) is 5.91 Å². The van der Waals surface area contributed by atoms with Gasteiger partial charge in [-0.05, 0) is 37.0 Å². The lowest BCUT2D eigenvalue weighted by Crippen LogP contribution is -2.42. The molecule has 9 nitrogen and oxygen atoms in total. The number of benzene rings is 2. The lowest BCUT2D eigenvalue weighted by Gasteiger charge is -2.19. The number of hydrogen-bond donors (Lipinski definition) is 4. The number of ether oxygens (including phenoxy) is 2. The maximum Gasteiger partial charge on any atom is 0.326 e. The minimum absolute atomic E-state index is 0.00804. The fourth-order valence-electron chi connectivity index (χ4n) is 3.16. The van der Waals surface area contributed by atoms with Crippen LogP contribution in [0.25, 0.3) is 0 Å². The van der Waals surface area contributed by atoms with Gasteiger partial charge in [0.05, 0.1) is 36.2 Å². The number of nitrogens with one attached hydrogen (secondary N) is 3. The standard InChI is InChI=1S/C23H28ClN3O6/c1-12(2)9-17(22(29)30)25-21(28)14-10-18(32-4)19(33-5)11-16(14)26-23(31)27-20-13(3)7-6-8-15(20)24/h6-8,10-12,17H,9H2,1-5H3,(H,25,28)(H,29,30)(H2,26,27,31)/t17-/m0/s1. The quantitative estimate of drug-likeness (QED) is 0.420. The summed E-state index contributed by atoms with van der Waals surface area (Å²) < 4.78 is 10.5. The van der Waals surface area contributed by atoms with Crippen LogP contribution >= 0.6 is 11.6 Å². The number of anilines is 2. The van der Waals surface area contributed by atoms with Crippen molar-refractivity contribution >= 4 is 40.9 Å². The summed E-state index contributed by atoms with van der Waals surface area (Å²) in [4.78, 5) is 37.3. The summed E-state index contributed by atoms with van der Waals surface area (Å²) in [6.07, 6.45) is 0.239. The van der Waals surface area contributed by atoms with Crippen LogP contribution in [0.15, 0.2) is 30.3 Å². The number of methoxy groups -OCH3 is 2. The summed E-state index contributed by atoms with van der Waals surface area (Å²) in [7, 11) is 2.82. The third-order valence-electron chi connectivity index (χ3n) is 4.79. The van der Waals surface area contributed by atoms with Crippen LogP contribution in [0.5, 0.6) is 11.5 Å². The van der Waals surface area contributed by atoms with Crippen LogP contribution in [0.3, 0.4) is 0 Å². The van der Waals surface area contributed by atoms with Crippen LogP contribution in [0, 0.1) is 12.8 Å². The van der Waals surface area contributed by atoms with Gasteiger partial charge in [-0.1, -0.05) is 37.6 Å². The molecule has 178 valence electrons. The minimum atomic E-state index is -1.15. The molecule has 4 N–H and O–H groups in total. The van der Waals surface area contributed by atoms with Gasteiger partial charge in [0, 0.05) is 6.07 Å². The lowest BCUT2D eigenvalue weighted by atomic mass is 10.0. The van der Waals surface area contributed by atoms with Crippen molar-refractivity contribution in [2.24, 2.45) is 5.92 Å². The molecule has 0 unspecified atom stereocenters. The smallest absolute Gasteiger partial charge is 0.326 e. The number of para-hydroxylation sites is 1. The first kappa shape index (κ1) is 25.8. The van der Waals surface area contributed by atoms with E-state index in [0.29, 0.717) is 10.7 Å². The topological polar surface area (TPSA) is 126 Å². The number of rotatable bonds is 9. The van der Waals surface area contributed by atoms with Gasteiger partial charge < -0.3 is 30.5 Å². The SMILES string of the molecule is COc1cc(NC(=O)Nc2c(C)cccc2Cl)c(C(=O)N[C@@H](CC(C)C)C(=O)O)cc1OC. The Balaban J connectivity index is 2.39. The van der Waals surface area contributed by atoms with E-state index in [-0.39, 0.29) is 35.1 Å². The zero-order chi connectivity index (χ0) is 24.7. The molecule has 0 saturated carbocycles. The number of urea groups is 1. The third kappa shape index (κ3) is 6.76. The Labute approximate surface area is 197 Å². The second-order valence-corrected chi connectivity index (χ2v) is 8.16. The van der Waals surface area contributed by atoms with Crippen LogP contribution < -0.4 is 25.4 Å². The molecule has 3 amide bonds. The molecule has 0 aromatic heterocycles. The third-order valence-corrected chi connectivity index (χ3v) is 5.10. The largest absolute Gasteiger partial charge is 0.493 e. The monoisotopic (exact) mass is 477 g/mol. The molecule has 0 aliphatic carbocycles. The summed E-state index contributed by atoms with van der Waals surface area (Å²) in [6, 6.07) is 6.23. The van der Waals surface area contributed by atoms with Crippen LogP contribution in [0.1, 0.15) is 36.2 Å². The first-order valence-corrected chi connectivity index (χ1v) is 10.6. The summed E-state index contributed by atoms with van der Waals surface area (Å²) in [5.41, 5.74) is 1.28. The summed E-state index contributed by atoms with van der Waals surface area (Å²) in [6.45, 7) is 5.50. The molecule has 10 heteroatoms. The Hall–Kier alpha value is -3.46. The predicted molar refractivity (Wildman–Crippen MR) is 127 cm³/mol. The van der Waals surface area contributed by atoms with Crippen LogP contribution in [-0.2, 0) is 4.79 Å². The highest BCUT2D eigenvalue weighted by Crippen LogP contribution is 2.34. The van der Waals surface area contributed by atoms with Gasteiger partial charge in [-0.3, -0.25) is 4.79 Å². The fourth-order valence-corrected chi connectivity index (χ4v) is 3.43. The summed E-state index contributed by atoms with van der Waals surface area (Å²) in [5, 5.41) is 17.6. The predicted octanol–water partition coefficient (Wildman–Crippen LogP) is 4.54. The van der Waals surface area contributed by atoms with E-state index in [4.69, 9.17) is 21.1 Å². The van der Waals surface area contributed by atoms with E-state index in [1.54, 1.807) is 25.1 Å². The van der Waals surface area contributed by atoms with Crippen molar-refractivity contribution in [1.29, 1.82) is 0 Å². The molecule has 0 aliphatic rings. The van der Waals surface area contributed by atoms with Gasteiger partial charge in [0.2, 0.25) is 0 Å². The Morgan fingerprint density at radius 3 is 2.24 bits per heavy atom. The number of carbonyl (C=O) groups excluding carboxylic acids is 2. The maximum atomic E-state index is 13.0. The van der Waals surface area contributed by atoms with E-state index in [1.807, 2.05) is 13.8 Å². The molecule has 2 aromatic rings. The summed E-state index contributed by atoms with van der Waals surface area (Å²) in [5.74, 6) is -1.28. The van der Waals surface area contributed by atoms with Gasteiger partial charge >= 0.3 is 12.0 Å². The molecular weight excluding hydrogens is 450 g/mol. The average Bonchev–Trinajstić information content (AvgIpc) is 2.75. The van der Waals surface area contributed by atoms with E-state index < -0.39 is 23.9 Å². The van der Waals surface area contributed by atoms with Gasteiger partial charge in [-0.15, -0.1) is 0 Å². The normalized spacial score (nSPS) is 11.5. The van der Waals surface area contributed by atoms with Crippen molar-refractivity contribution in [3.8, 4) is 11.5 Å². The molecule has 0 spiro atoms. The van der Waals surface area contributed by atoms with Gasteiger partial charge in [-0.2, -0.15) is 0 Å². The first-order valence-electron chi connectivity index (χ1n) is 10.2. The van der Waals surface area contributed by atoms with Crippen molar-refractivity contribution in [1.82, 2.24) is 5.32 Å². The molecule has 33 heavy (non-hydrogen) atoms. The van der Waals surface area contributed by atoms with Crippen molar-refractivity contribution in [3.05, 3.63) is 46.5 Å². The zero-order valence-electron chi connectivity index (χ0n) is 19.1. The molecular formula is C23H28ClN3O6. The number of carboxylic acid groups (broad SMARTS) is 1. The second kappa shape index (κ2) is 11.4. The van der Waals surface area contributed by atoms with E-state index >= 15 is 0 Å². The van der Waals surface area contributed by atoms with Crippen LogP contribution in [-0.4, -0.2) is 43.3 Å². The molecule has 2 aromatic carbocycles. The average molecular weight is 478 g/mol. The first-order chi connectivity index (χ1) is 15.6. The summed E-state index contributed by atoms with van der Waals surface area (Å²) >= 11 is 6.18.